The number of amides is 2. The van der Waals surface area contributed by atoms with Crippen molar-refractivity contribution in [1.29, 1.82) is 0 Å². The summed E-state index contributed by atoms with van der Waals surface area (Å²) in [4.78, 5) is 12.5. The quantitative estimate of drug-likeness (QED) is 0.648. The molecule has 0 unspecified atom stereocenters. The molecule has 25 heavy (non-hydrogen) atoms. The number of hydrogen-bond acceptors (Lipinski definition) is 3. The number of rotatable bonds is 9. The summed E-state index contributed by atoms with van der Waals surface area (Å²) in [6, 6.07) is 17.0. The number of anilines is 1. The van der Waals surface area contributed by atoms with E-state index in [2.05, 4.69) is 10.6 Å². The van der Waals surface area contributed by atoms with Crippen molar-refractivity contribution in [3.8, 4) is 0 Å². The van der Waals surface area contributed by atoms with Gasteiger partial charge in [-0.05, 0) is 31.4 Å². The molecule has 2 aromatic carbocycles. The van der Waals surface area contributed by atoms with E-state index in [0.29, 0.717) is 26.1 Å². The Morgan fingerprint density at radius 1 is 1.12 bits per heavy atom. The van der Waals surface area contributed by atoms with E-state index in [0.717, 1.165) is 16.8 Å². The van der Waals surface area contributed by atoms with Crippen molar-refractivity contribution in [2.24, 2.45) is 0 Å². The fraction of sp³-hybridized carbons (Fsp3) is 0.350. The Morgan fingerprint density at radius 2 is 1.84 bits per heavy atom. The zero-order valence-corrected chi connectivity index (χ0v) is 14.6. The first-order valence-electron chi connectivity index (χ1n) is 8.63. The van der Waals surface area contributed by atoms with Crippen LogP contribution >= 0.6 is 0 Å². The molecule has 0 bridgehead atoms. The third-order valence-corrected chi connectivity index (χ3v) is 3.89. The lowest BCUT2D eigenvalue weighted by Gasteiger charge is -2.20. The van der Waals surface area contributed by atoms with Crippen LogP contribution < -0.4 is 10.6 Å². The largest absolute Gasteiger partial charge is 0.396 e. The number of nitrogens with one attached hydrogen (secondary N) is 2. The summed E-state index contributed by atoms with van der Waals surface area (Å²) in [6.45, 7) is 3.12. The minimum atomic E-state index is -0.268. The number of hydrogen-bond donors (Lipinski definition) is 3. The highest BCUT2D eigenvalue weighted by atomic mass is 16.5. The maximum atomic E-state index is 12.5. The van der Waals surface area contributed by atoms with Gasteiger partial charge in [0, 0.05) is 24.5 Å². The molecule has 2 aromatic rings. The van der Waals surface area contributed by atoms with Crippen molar-refractivity contribution in [1.82, 2.24) is 5.32 Å². The first-order chi connectivity index (χ1) is 12.2. The fourth-order valence-corrected chi connectivity index (χ4v) is 2.60. The molecule has 3 N–H and O–H groups in total. The van der Waals surface area contributed by atoms with Crippen LogP contribution in [0.5, 0.6) is 0 Å². The van der Waals surface area contributed by atoms with Gasteiger partial charge in [-0.15, -0.1) is 0 Å². The van der Waals surface area contributed by atoms with Crippen molar-refractivity contribution in [3.05, 3.63) is 65.7 Å². The Labute approximate surface area is 149 Å². The lowest BCUT2D eigenvalue weighted by atomic mass is 10.0. The Hall–Kier alpha value is -2.37. The lowest BCUT2D eigenvalue weighted by Crippen LogP contribution is -2.33. The third kappa shape index (κ3) is 6.21. The van der Waals surface area contributed by atoms with Gasteiger partial charge in [-0.25, -0.2) is 4.79 Å². The minimum absolute atomic E-state index is 0.101. The number of urea groups is 1. The standard InChI is InChI=1S/C20H26N2O3/c1-2-25-15-17-11-6-7-12-19(17)22-20(24)21-18(13-8-14-23)16-9-4-3-5-10-16/h3-7,9-12,18,23H,2,8,13-15H2,1H3,(H2,21,22,24)/t18-/m1/s1. The summed E-state index contributed by atoms with van der Waals surface area (Å²) in [6.07, 6.45) is 1.30. The summed E-state index contributed by atoms with van der Waals surface area (Å²) < 4.78 is 5.45. The monoisotopic (exact) mass is 342 g/mol. The second-order valence-electron chi connectivity index (χ2n) is 5.72. The highest BCUT2D eigenvalue weighted by Gasteiger charge is 2.15. The molecule has 0 fully saturated rings. The molecule has 2 rings (SSSR count). The summed E-state index contributed by atoms with van der Waals surface area (Å²) >= 11 is 0. The average Bonchev–Trinajstić information content (AvgIpc) is 2.65. The summed E-state index contributed by atoms with van der Waals surface area (Å²) in [5.74, 6) is 0. The second-order valence-corrected chi connectivity index (χ2v) is 5.72. The molecule has 0 aliphatic carbocycles. The first kappa shape index (κ1) is 19.0. The number of ether oxygens (including phenoxy) is 1. The highest BCUT2D eigenvalue weighted by Crippen LogP contribution is 2.20. The number of carbonyl (C=O) groups is 1. The molecule has 0 aliphatic heterocycles. The van der Waals surface area contributed by atoms with Gasteiger partial charge in [0.1, 0.15) is 0 Å². The average molecular weight is 342 g/mol. The number of carbonyl (C=O) groups excluding carboxylic acids is 1. The van der Waals surface area contributed by atoms with Crippen LogP contribution in [0.3, 0.4) is 0 Å². The molecule has 0 aromatic heterocycles. The van der Waals surface area contributed by atoms with E-state index in [4.69, 9.17) is 9.84 Å². The number of benzene rings is 2. The second kappa shape index (κ2) is 10.5. The molecule has 1 atom stereocenters. The van der Waals surface area contributed by atoms with E-state index in [1.807, 2.05) is 61.5 Å². The maximum Gasteiger partial charge on any atom is 0.319 e. The van der Waals surface area contributed by atoms with Crippen LogP contribution in [0.15, 0.2) is 54.6 Å². The molecule has 0 saturated carbocycles. The van der Waals surface area contributed by atoms with Gasteiger partial charge in [0.2, 0.25) is 0 Å². The van der Waals surface area contributed by atoms with Crippen LogP contribution in [0.4, 0.5) is 10.5 Å². The first-order valence-corrected chi connectivity index (χ1v) is 8.63. The van der Waals surface area contributed by atoms with Crippen LogP contribution in [-0.2, 0) is 11.3 Å². The molecule has 0 heterocycles. The predicted octanol–water partition coefficient (Wildman–Crippen LogP) is 3.86. The van der Waals surface area contributed by atoms with Crippen molar-refractivity contribution in [3.63, 3.8) is 0 Å². The predicted molar refractivity (Wildman–Crippen MR) is 99.4 cm³/mol. The van der Waals surface area contributed by atoms with Crippen LogP contribution in [-0.4, -0.2) is 24.4 Å². The summed E-state index contributed by atoms with van der Waals surface area (Å²) in [5, 5.41) is 15.0. The zero-order chi connectivity index (χ0) is 17.9. The van der Waals surface area contributed by atoms with E-state index in [9.17, 15) is 4.79 Å². The van der Waals surface area contributed by atoms with Gasteiger partial charge in [-0.3, -0.25) is 0 Å². The van der Waals surface area contributed by atoms with E-state index in [1.165, 1.54) is 0 Å². The summed E-state index contributed by atoms with van der Waals surface area (Å²) in [7, 11) is 0. The summed E-state index contributed by atoms with van der Waals surface area (Å²) in [5.41, 5.74) is 2.70. The van der Waals surface area contributed by atoms with Gasteiger partial charge < -0.3 is 20.5 Å². The number of aliphatic hydroxyl groups is 1. The van der Waals surface area contributed by atoms with Gasteiger partial charge in [0.05, 0.1) is 12.6 Å². The molecular formula is C20H26N2O3. The molecular weight excluding hydrogens is 316 g/mol. The molecule has 0 spiro atoms. The molecule has 134 valence electrons. The van der Waals surface area contributed by atoms with E-state index >= 15 is 0 Å². The SMILES string of the molecule is CCOCc1ccccc1NC(=O)N[C@H](CCCO)c1ccccc1. The number of aliphatic hydroxyl groups excluding tert-OH is 1. The minimum Gasteiger partial charge on any atom is -0.396 e. The third-order valence-electron chi connectivity index (χ3n) is 3.89. The Morgan fingerprint density at radius 3 is 2.56 bits per heavy atom. The maximum absolute atomic E-state index is 12.5. The number of para-hydroxylation sites is 1. The molecule has 2 amide bonds. The van der Waals surface area contributed by atoms with Crippen LogP contribution in [0.2, 0.25) is 0 Å². The van der Waals surface area contributed by atoms with Gasteiger partial charge in [0.25, 0.3) is 0 Å². The molecule has 0 saturated heterocycles. The van der Waals surface area contributed by atoms with Gasteiger partial charge >= 0.3 is 6.03 Å². The smallest absolute Gasteiger partial charge is 0.319 e. The molecule has 0 radical (unpaired) electrons. The van der Waals surface area contributed by atoms with Crippen LogP contribution in [0, 0.1) is 0 Å². The highest BCUT2D eigenvalue weighted by molar-refractivity contribution is 5.90. The molecule has 5 nitrogen and oxygen atoms in total. The van der Waals surface area contributed by atoms with Crippen molar-refractivity contribution < 1.29 is 14.6 Å². The van der Waals surface area contributed by atoms with Gasteiger partial charge in [0.15, 0.2) is 0 Å². The lowest BCUT2D eigenvalue weighted by molar-refractivity contribution is 0.134. The van der Waals surface area contributed by atoms with Crippen molar-refractivity contribution >= 4 is 11.7 Å². The van der Waals surface area contributed by atoms with Crippen LogP contribution in [0.1, 0.15) is 36.9 Å². The topological polar surface area (TPSA) is 70.6 Å². The van der Waals surface area contributed by atoms with Crippen molar-refractivity contribution in [2.45, 2.75) is 32.4 Å². The van der Waals surface area contributed by atoms with Crippen LogP contribution in [0.25, 0.3) is 0 Å². The van der Waals surface area contributed by atoms with Crippen molar-refractivity contribution in [2.75, 3.05) is 18.5 Å². The fourth-order valence-electron chi connectivity index (χ4n) is 2.60. The van der Waals surface area contributed by atoms with Gasteiger partial charge in [-0.2, -0.15) is 0 Å². The molecule has 5 heteroatoms. The Kier molecular flexibility index (Phi) is 7.95. The molecule has 0 aliphatic rings. The normalized spacial score (nSPS) is 11.8. The Bertz CT molecular complexity index is 646. The van der Waals surface area contributed by atoms with E-state index in [-0.39, 0.29) is 18.7 Å². The van der Waals surface area contributed by atoms with E-state index in [1.54, 1.807) is 0 Å². The Balaban J connectivity index is 2.04. The zero-order valence-electron chi connectivity index (χ0n) is 14.6. The van der Waals surface area contributed by atoms with Gasteiger partial charge in [-0.1, -0.05) is 48.5 Å². The van der Waals surface area contributed by atoms with E-state index < -0.39 is 0 Å².